The van der Waals surface area contributed by atoms with Gasteiger partial charge in [-0.05, 0) is 61.2 Å². The first-order valence-corrected chi connectivity index (χ1v) is 8.38. The minimum Gasteiger partial charge on any atom is -0.491 e. The molecule has 4 nitrogen and oxygen atoms in total. The fourth-order valence-corrected chi connectivity index (χ4v) is 2.79. The van der Waals surface area contributed by atoms with Crippen LogP contribution in [0.2, 0.25) is 0 Å². The Hall–Kier alpha value is -2.33. The first-order chi connectivity index (χ1) is 11.6. The number of ether oxygens (including phenoxy) is 1. The van der Waals surface area contributed by atoms with Crippen LogP contribution in [0.3, 0.4) is 0 Å². The average molecular weight is 324 g/mol. The highest BCUT2D eigenvalue weighted by Crippen LogP contribution is 2.19. The van der Waals surface area contributed by atoms with Gasteiger partial charge in [-0.25, -0.2) is 4.98 Å². The van der Waals surface area contributed by atoms with Crippen molar-refractivity contribution in [3.05, 3.63) is 59.4 Å². The Morgan fingerprint density at radius 1 is 1.17 bits per heavy atom. The molecule has 0 spiro atoms. The van der Waals surface area contributed by atoms with E-state index < -0.39 is 6.10 Å². The number of aliphatic hydroxyl groups is 1. The molecule has 2 aromatic carbocycles. The van der Waals surface area contributed by atoms with Crippen molar-refractivity contribution in [2.24, 2.45) is 0 Å². The van der Waals surface area contributed by atoms with E-state index in [4.69, 9.17) is 4.74 Å². The second-order valence-electron chi connectivity index (χ2n) is 6.29. The van der Waals surface area contributed by atoms with Gasteiger partial charge in [0.25, 0.3) is 0 Å². The van der Waals surface area contributed by atoms with E-state index in [0.717, 1.165) is 23.2 Å². The van der Waals surface area contributed by atoms with E-state index in [1.54, 1.807) is 6.33 Å². The van der Waals surface area contributed by atoms with Crippen molar-refractivity contribution in [2.45, 2.75) is 39.8 Å². The van der Waals surface area contributed by atoms with Crippen LogP contribution in [0.5, 0.6) is 5.75 Å². The van der Waals surface area contributed by atoms with E-state index in [-0.39, 0.29) is 6.61 Å². The predicted octanol–water partition coefficient (Wildman–Crippen LogP) is 3.66. The molecule has 0 radical (unpaired) electrons. The summed E-state index contributed by atoms with van der Waals surface area (Å²) in [6.45, 7) is 7.01. The highest BCUT2D eigenvalue weighted by Gasteiger charge is 2.11. The van der Waals surface area contributed by atoms with E-state index in [2.05, 4.69) is 44.0 Å². The molecule has 126 valence electrons. The maximum atomic E-state index is 10.3. The highest BCUT2D eigenvalue weighted by molar-refractivity contribution is 5.77. The fourth-order valence-electron chi connectivity index (χ4n) is 2.79. The molecule has 0 aliphatic rings. The van der Waals surface area contributed by atoms with E-state index >= 15 is 0 Å². The Kier molecular flexibility index (Phi) is 4.86. The van der Waals surface area contributed by atoms with Gasteiger partial charge in [0.05, 0.1) is 23.9 Å². The normalized spacial score (nSPS) is 12.5. The molecular formula is C20H24N2O2. The summed E-state index contributed by atoms with van der Waals surface area (Å²) in [6, 6.07) is 12.2. The largest absolute Gasteiger partial charge is 0.491 e. The molecule has 1 aromatic heterocycles. The van der Waals surface area contributed by atoms with Crippen molar-refractivity contribution in [3.8, 4) is 5.75 Å². The third kappa shape index (κ3) is 3.60. The summed E-state index contributed by atoms with van der Waals surface area (Å²) < 4.78 is 7.71. The number of nitrogens with zero attached hydrogens (tertiary/aromatic N) is 2. The first kappa shape index (κ1) is 16.5. The monoisotopic (exact) mass is 324 g/mol. The number of rotatable bonds is 6. The molecule has 0 aliphatic carbocycles. The SMILES string of the molecule is CCc1cccc(OCC(O)Cn2cnc3cc(C)c(C)cc32)c1. The van der Waals surface area contributed by atoms with Gasteiger partial charge in [-0.1, -0.05) is 19.1 Å². The zero-order valence-corrected chi connectivity index (χ0v) is 14.5. The van der Waals surface area contributed by atoms with Gasteiger partial charge in [-0.2, -0.15) is 0 Å². The Morgan fingerprint density at radius 3 is 2.75 bits per heavy atom. The summed E-state index contributed by atoms with van der Waals surface area (Å²) in [4.78, 5) is 4.43. The van der Waals surface area contributed by atoms with Crippen molar-refractivity contribution in [2.75, 3.05) is 6.61 Å². The molecule has 0 amide bonds. The number of aryl methyl sites for hydroxylation is 3. The number of hydrogen-bond acceptors (Lipinski definition) is 3. The fraction of sp³-hybridized carbons (Fsp3) is 0.350. The maximum Gasteiger partial charge on any atom is 0.119 e. The summed E-state index contributed by atoms with van der Waals surface area (Å²) in [6.07, 6.45) is 2.17. The van der Waals surface area contributed by atoms with Gasteiger partial charge in [0.1, 0.15) is 18.5 Å². The number of hydrogen-bond donors (Lipinski definition) is 1. The van der Waals surface area contributed by atoms with E-state index in [0.29, 0.717) is 6.54 Å². The summed E-state index contributed by atoms with van der Waals surface area (Å²) in [5, 5.41) is 10.3. The lowest BCUT2D eigenvalue weighted by molar-refractivity contribution is 0.0934. The van der Waals surface area contributed by atoms with Crippen molar-refractivity contribution >= 4 is 11.0 Å². The Balaban J connectivity index is 1.66. The number of aliphatic hydroxyl groups excluding tert-OH is 1. The molecule has 1 atom stereocenters. The van der Waals surface area contributed by atoms with Gasteiger partial charge in [0, 0.05) is 0 Å². The van der Waals surface area contributed by atoms with E-state index in [1.165, 1.54) is 16.7 Å². The highest BCUT2D eigenvalue weighted by atomic mass is 16.5. The van der Waals surface area contributed by atoms with Crippen LogP contribution in [-0.4, -0.2) is 27.4 Å². The lowest BCUT2D eigenvalue weighted by Crippen LogP contribution is -2.23. The minimum atomic E-state index is -0.589. The molecule has 4 heteroatoms. The van der Waals surface area contributed by atoms with Gasteiger partial charge in [0.2, 0.25) is 0 Å². The molecule has 1 heterocycles. The van der Waals surface area contributed by atoms with Crippen molar-refractivity contribution in [1.82, 2.24) is 9.55 Å². The van der Waals surface area contributed by atoms with Crippen molar-refractivity contribution in [1.29, 1.82) is 0 Å². The third-order valence-corrected chi connectivity index (χ3v) is 4.39. The Bertz CT molecular complexity index is 839. The van der Waals surface area contributed by atoms with Crippen LogP contribution in [0.4, 0.5) is 0 Å². The molecular weight excluding hydrogens is 300 g/mol. The number of imidazole rings is 1. The van der Waals surface area contributed by atoms with Gasteiger partial charge < -0.3 is 14.4 Å². The van der Waals surface area contributed by atoms with Crippen LogP contribution in [-0.2, 0) is 13.0 Å². The number of fused-ring (bicyclic) bond motifs is 1. The lowest BCUT2D eigenvalue weighted by Gasteiger charge is -2.14. The van der Waals surface area contributed by atoms with Crippen LogP contribution in [0.15, 0.2) is 42.7 Å². The van der Waals surface area contributed by atoms with Gasteiger partial charge in [0.15, 0.2) is 0 Å². The molecule has 1 N–H and O–H groups in total. The standard InChI is InChI=1S/C20H24N2O2/c1-4-16-6-5-7-18(10-16)24-12-17(23)11-22-13-21-19-8-14(2)15(3)9-20(19)22/h5-10,13,17,23H,4,11-12H2,1-3H3. The number of benzene rings is 2. The van der Waals surface area contributed by atoms with E-state index in [9.17, 15) is 5.11 Å². The van der Waals surface area contributed by atoms with E-state index in [1.807, 2.05) is 22.8 Å². The quantitative estimate of drug-likeness (QED) is 0.753. The van der Waals surface area contributed by atoms with Crippen LogP contribution in [0, 0.1) is 13.8 Å². The topological polar surface area (TPSA) is 47.3 Å². The summed E-state index contributed by atoms with van der Waals surface area (Å²) >= 11 is 0. The van der Waals surface area contributed by atoms with Crippen molar-refractivity contribution < 1.29 is 9.84 Å². The van der Waals surface area contributed by atoms with Crippen molar-refractivity contribution in [3.63, 3.8) is 0 Å². The molecule has 0 saturated heterocycles. The lowest BCUT2D eigenvalue weighted by atomic mass is 10.1. The first-order valence-electron chi connectivity index (χ1n) is 8.38. The molecule has 0 fully saturated rings. The van der Waals surface area contributed by atoms with Crippen LogP contribution >= 0.6 is 0 Å². The Morgan fingerprint density at radius 2 is 1.96 bits per heavy atom. The maximum absolute atomic E-state index is 10.3. The summed E-state index contributed by atoms with van der Waals surface area (Å²) in [7, 11) is 0. The molecule has 1 unspecified atom stereocenters. The molecule has 3 aromatic rings. The smallest absolute Gasteiger partial charge is 0.119 e. The molecule has 24 heavy (non-hydrogen) atoms. The zero-order valence-electron chi connectivity index (χ0n) is 14.5. The van der Waals surface area contributed by atoms with Crippen LogP contribution in [0.25, 0.3) is 11.0 Å². The zero-order chi connectivity index (χ0) is 17.1. The predicted molar refractivity (Wildman–Crippen MR) is 96.5 cm³/mol. The van der Waals surface area contributed by atoms with Gasteiger partial charge in [-0.15, -0.1) is 0 Å². The second-order valence-corrected chi connectivity index (χ2v) is 6.29. The molecule has 0 bridgehead atoms. The van der Waals surface area contributed by atoms with Gasteiger partial charge in [-0.3, -0.25) is 0 Å². The van der Waals surface area contributed by atoms with Gasteiger partial charge >= 0.3 is 0 Å². The molecule has 0 saturated carbocycles. The average Bonchev–Trinajstić information content (AvgIpc) is 2.95. The minimum absolute atomic E-state index is 0.262. The van der Waals surface area contributed by atoms with Crippen LogP contribution in [0.1, 0.15) is 23.6 Å². The third-order valence-electron chi connectivity index (χ3n) is 4.39. The molecule has 0 aliphatic heterocycles. The van der Waals surface area contributed by atoms with Crippen LogP contribution < -0.4 is 4.74 Å². The summed E-state index contributed by atoms with van der Waals surface area (Å²) in [5.41, 5.74) is 5.69. The Labute approximate surface area is 142 Å². The number of aromatic nitrogens is 2. The second kappa shape index (κ2) is 7.05. The molecule has 3 rings (SSSR count). The summed E-state index contributed by atoms with van der Waals surface area (Å²) in [5.74, 6) is 0.801.